The molecule has 1 rings (SSSR count). The van der Waals surface area contributed by atoms with Crippen molar-refractivity contribution in [1.29, 1.82) is 0 Å². The van der Waals surface area contributed by atoms with Gasteiger partial charge >= 0.3 is 0 Å². The molecule has 1 saturated carbocycles. The van der Waals surface area contributed by atoms with Gasteiger partial charge in [0.2, 0.25) is 0 Å². The van der Waals surface area contributed by atoms with Crippen LogP contribution in [-0.2, 0) is 0 Å². The van der Waals surface area contributed by atoms with E-state index in [0.717, 1.165) is 37.3 Å². The lowest BCUT2D eigenvalue weighted by Crippen LogP contribution is -2.38. The van der Waals surface area contributed by atoms with Gasteiger partial charge in [0.25, 0.3) is 0 Å². The average Bonchev–Trinajstić information content (AvgIpc) is 2.46. The van der Waals surface area contributed by atoms with Gasteiger partial charge in [-0.2, -0.15) is 0 Å². The average molecular weight is 199 g/mol. The summed E-state index contributed by atoms with van der Waals surface area (Å²) in [5, 5.41) is 8.73. The highest BCUT2D eigenvalue weighted by atomic mass is 16.2. The number of aliphatic hydroxyl groups is 1. The highest BCUT2D eigenvalue weighted by molar-refractivity contribution is 4.86. The van der Waals surface area contributed by atoms with Crippen molar-refractivity contribution < 1.29 is 5.11 Å². The normalized spacial score (nSPS) is 32.8. The monoisotopic (exact) mass is 199 g/mol. The van der Waals surface area contributed by atoms with Crippen LogP contribution in [0.5, 0.6) is 0 Å². The Morgan fingerprint density at radius 2 is 1.71 bits per heavy atom. The Labute approximate surface area is 88.3 Å². The van der Waals surface area contributed by atoms with Crippen LogP contribution in [0, 0.1) is 11.8 Å². The third kappa shape index (κ3) is 2.96. The molecule has 1 fully saturated rings. The minimum Gasteiger partial charge on any atom is -0.396 e. The van der Waals surface area contributed by atoms with Gasteiger partial charge in [0.1, 0.15) is 0 Å². The second kappa shape index (κ2) is 5.72. The molecule has 0 aliphatic heterocycles. The fourth-order valence-electron chi connectivity index (χ4n) is 2.92. The standard InChI is InChI=1S/C12H25NO/c1-10-6-7-11(2)12(10)13(3)8-4-5-9-14/h10-12,14H,4-9H2,1-3H3. The molecule has 0 amide bonds. The van der Waals surface area contributed by atoms with E-state index in [2.05, 4.69) is 25.8 Å². The minimum absolute atomic E-state index is 0.337. The summed E-state index contributed by atoms with van der Waals surface area (Å²) in [6.07, 6.45) is 4.84. The SMILES string of the molecule is CC1CCC(C)C1N(C)CCCCO. The zero-order valence-electron chi connectivity index (χ0n) is 9.87. The number of hydrogen-bond donors (Lipinski definition) is 1. The van der Waals surface area contributed by atoms with Crippen molar-refractivity contribution in [2.24, 2.45) is 11.8 Å². The molecule has 1 N–H and O–H groups in total. The summed E-state index contributed by atoms with van der Waals surface area (Å²) in [5.74, 6) is 1.70. The van der Waals surface area contributed by atoms with E-state index in [1.54, 1.807) is 0 Å². The van der Waals surface area contributed by atoms with Crippen molar-refractivity contribution in [2.45, 2.75) is 45.6 Å². The Morgan fingerprint density at radius 1 is 1.14 bits per heavy atom. The van der Waals surface area contributed by atoms with Crippen molar-refractivity contribution in [1.82, 2.24) is 4.90 Å². The van der Waals surface area contributed by atoms with Gasteiger partial charge in [-0.3, -0.25) is 0 Å². The zero-order chi connectivity index (χ0) is 10.6. The van der Waals surface area contributed by atoms with Crippen molar-refractivity contribution in [3.63, 3.8) is 0 Å². The lowest BCUT2D eigenvalue weighted by atomic mass is 9.99. The molecule has 1 aliphatic carbocycles. The molecule has 0 bridgehead atoms. The topological polar surface area (TPSA) is 23.5 Å². The van der Waals surface area contributed by atoms with E-state index in [0.29, 0.717) is 6.61 Å². The highest BCUT2D eigenvalue weighted by Crippen LogP contribution is 2.33. The van der Waals surface area contributed by atoms with E-state index < -0.39 is 0 Å². The molecular weight excluding hydrogens is 174 g/mol. The van der Waals surface area contributed by atoms with Gasteiger partial charge in [0.15, 0.2) is 0 Å². The van der Waals surface area contributed by atoms with Crippen molar-refractivity contribution in [3.05, 3.63) is 0 Å². The summed E-state index contributed by atoms with van der Waals surface area (Å²) in [7, 11) is 2.24. The van der Waals surface area contributed by atoms with Crippen LogP contribution in [0.25, 0.3) is 0 Å². The fraction of sp³-hybridized carbons (Fsp3) is 1.00. The summed E-state index contributed by atoms with van der Waals surface area (Å²) < 4.78 is 0. The van der Waals surface area contributed by atoms with Gasteiger partial charge in [-0.05, 0) is 51.1 Å². The first-order chi connectivity index (χ1) is 6.66. The van der Waals surface area contributed by atoms with E-state index in [-0.39, 0.29) is 0 Å². The van der Waals surface area contributed by atoms with Gasteiger partial charge in [0.05, 0.1) is 0 Å². The van der Waals surface area contributed by atoms with Gasteiger partial charge in [-0.15, -0.1) is 0 Å². The number of nitrogens with zero attached hydrogens (tertiary/aromatic N) is 1. The largest absolute Gasteiger partial charge is 0.396 e. The van der Waals surface area contributed by atoms with E-state index in [4.69, 9.17) is 5.11 Å². The number of unbranched alkanes of at least 4 members (excludes halogenated alkanes) is 1. The quantitative estimate of drug-likeness (QED) is 0.686. The Morgan fingerprint density at radius 3 is 2.21 bits per heavy atom. The van der Waals surface area contributed by atoms with Crippen LogP contribution in [-0.4, -0.2) is 36.2 Å². The maximum absolute atomic E-state index is 8.73. The van der Waals surface area contributed by atoms with Crippen molar-refractivity contribution in [3.8, 4) is 0 Å². The molecule has 2 atom stereocenters. The molecule has 0 radical (unpaired) electrons. The predicted octanol–water partition coefficient (Wildman–Crippen LogP) is 2.13. The summed E-state index contributed by atoms with van der Waals surface area (Å²) in [4.78, 5) is 2.50. The summed E-state index contributed by atoms with van der Waals surface area (Å²) >= 11 is 0. The third-order valence-electron chi connectivity index (χ3n) is 3.67. The maximum Gasteiger partial charge on any atom is 0.0431 e. The number of aliphatic hydroxyl groups excluding tert-OH is 1. The molecule has 0 aromatic heterocycles. The van der Waals surface area contributed by atoms with E-state index in [9.17, 15) is 0 Å². The van der Waals surface area contributed by atoms with Crippen LogP contribution in [0.15, 0.2) is 0 Å². The van der Waals surface area contributed by atoms with Crippen LogP contribution in [0.2, 0.25) is 0 Å². The maximum atomic E-state index is 8.73. The molecule has 0 heterocycles. The molecule has 0 spiro atoms. The van der Waals surface area contributed by atoms with E-state index in [1.165, 1.54) is 12.8 Å². The van der Waals surface area contributed by atoms with Crippen LogP contribution in [0.4, 0.5) is 0 Å². The Kier molecular flexibility index (Phi) is 4.90. The molecule has 2 heteroatoms. The lowest BCUT2D eigenvalue weighted by Gasteiger charge is -2.31. The van der Waals surface area contributed by atoms with Crippen molar-refractivity contribution >= 4 is 0 Å². The van der Waals surface area contributed by atoms with Gasteiger partial charge in [-0.25, -0.2) is 0 Å². The first-order valence-electron chi connectivity index (χ1n) is 5.98. The van der Waals surface area contributed by atoms with Crippen LogP contribution >= 0.6 is 0 Å². The third-order valence-corrected chi connectivity index (χ3v) is 3.67. The van der Waals surface area contributed by atoms with Crippen molar-refractivity contribution in [2.75, 3.05) is 20.2 Å². The molecular formula is C12H25NO. The van der Waals surface area contributed by atoms with Crippen LogP contribution in [0.1, 0.15) is 39.5 Å². The Balaban J connectivity index is 2.31. The molecule has 1 aliphatic rings. The number of hydrogen-bond acceptors (Lipinski definition) is 2. The van der Waals surface area contributed by atoms with Gasteiger partial charge in [-0.1, -0.05) is 13.8 Å². The molecule has 0 aromatic carbocycles. The molecule has 2 nitrogen and oxygen atoms in total. The lowest BCUT2D eigenvalue weighted by molar-refractivity contribution is 0.163. The smallest absolute Gasteiger partial charge is 0.0431 e. The Hall–Kier alpha value is -0.0800. The first kappa shape index (κ1) is 12.0. The summed E-state index contributed by atoms with van der Waals surface area (Å²) in [6.45, 7) is 6.22. The molecule has 2 unspecified atom stereocenters. The molecule has 84 valence electrons. The van der Waals surface area contributed by atoms with Crippen LogP contribution in [0.3, 0.4) is 0 Å². The molecule has 0 saturated heterocycles. The molecule has 14 heavy (non-hydrogen) atoms. The summed E-state index contributed by atoms with van der Waals surface area (Å²) in [6, 6.07) is 0.772. The van der Waals surface area contributed by atoms with Gasteiger partial charge in [0, 0.05) is 12.6 Å². The highest BCUT2D eigenvalue weighted by Gasteiger charge is 2.32. The second-order valence-electron chi connectivity index (χ2n) is 4.93. The number of rotatable bonds is 5. The van der Waals surface area contributed by atoms with E-state index in [1.807, 2.05) is 0 Å². The second-order valence-corrected chi connectivity index (χ2v) is 4.93. The Bertz CT molecular complexity index is 150. The van der Waals surface area contributed by atoms with Gasteiger partial charge < -0.3 is 10.0 Å². The molecule has 0 aromatic rings. The minimum atomic E-state index is 0.337. The zero-order valence-corrected chi connectivity index (χ0v) is 9.87. The summed E-state index contributed by atoms with van der Waals surface area (Å²) in [5.41, 5.74) is 0. The van der Waals surface area contributed by atoms with E-state index >= 15 is 0 Å². The predicted molar refractivity (Wildman–Crippen MR) is 60.3 cm³/mol. The fourth-order valence-corrected chi connectivity index (χ4v) is 2.92. The van der Waals surface area contributed by atoms with Crippen LogP contribution < -0.4 is 0 Å². The first-order valence-corrected chi connectivity index (χ1v) is 5.98.